The van der Waals surface area contributed by atoms with Crippen molar-refractivity contribution in [2.75, 3.05) is 6.54 Å². The number of aromatic nitrogens is 1. The minimum atomic E-state index is -3.03. The summed E-state index contributed by atoms with van der Waals surface area (Å²) in [5.74, 6) is -0.457. The number of aliphatic imine (C=N–C) groups is 1. The minimum Gasteiger partial charge on any atom is -0.434 e. The largest absolute Gasteiger partial charge is 0.434 e. The van der Waals surface area contributed by atoms with Crippen LogP contribution in [0, 0.1) is 5.82 Å². The molecule has 1 aromatic carbocycles. The van der Waals surface area contributed by atoms with Gasteiger partial charge in [-0.25, -0.2) is 9.38 Å². The van der Waals surface area contributed by atoms with E-state index in [1.807, 2.05) is 25.1 Å². The minimum absolute atomic E-state index is 0. The van der Waals surface area contributed by atoms with Crippen LogP contribution < -0.4 is 15.4 Å². The Labute approximate surface area is 167 Å². The molecule has 0 amide bonds. The van der Waals surface area contributed by atoms with Crippen molar-refractivity contribution in [3.8, 4) is 5.75 Å². The molecule has 0 aliphatic heterocycles. The summed E-state index contributed by atoms with van der Waals surface area (Å²) < 4.78 is 43.2. The third kappa shape index (κ3) is 7.06. The summed E-state index contributed by atoms with van der Waals surface area (Å²) in [5, 5.41) is 6.05. The van der Waals surface area contributed by atoms with Gasteiger partial charge in [-0.2, -0.15) is 8.78 Å². The Bertz CT molecular complexity index is 702. The van der Waals surface area contributed by atoms with E-state index in [9.17, 15) is 13.2 Å². The molecule has 5 nitrogen and oxygen atoms in total. The van der Waals surface area contributed by atoms with Gasteiger partial charge in [-0.3, -0.25) is 4.98 Å². The predicted molar refractivity (Wildman–Crippen MR) is 104 cm³/mol. The van der Waals surface area contributed by atoms with Gasteiger partial charge in [0.2, 0.25) is 0 Å². The number of guanidine groups is 1. The fourth-order valence-electron chi connectivity index (χ4n) is 2.08. The highest BCUT2D eigenvalue weighted by molar-refractivity contribution is 14.0. The molecule has 0 aliphatic rings. The Balaban J connectivity index is 0.00000338. The molecule has 2 rings (SSSR count). The van der Waals surface area contributed by atoms with Crippen molar-refractivity contribution >= 4 is 29.9 Å². The van der Waals surface area contributed by atoms with Gasteiger partial charge in [-0.1, -0.05) is 12.1 Å². The molecule has 0 unspecified atom stereocenters. The Morgan fingerprint density at radius 3 is 2.65 bits per heavy atom. The average molecular weight is 480 g/mol. The third-order valence-corrected chi connectivity index (χ3v) is 3.19. The first-order valence-electron chi connectivity index (χ1n) is 7.74. The van der Waals surface area contributed by atoms with E-state index in [2.05, 4.69) is 25.3 Å². The summed E-state index contributed by atoms with van der Waals surface area (Å²) >= 11 is 0. The number of alkyl halides is 2. The second-order valence-corrected chi connectivity index (χ2v) is 4.96. The highest BCUT2D eigenvalue weighted by Crippen LogP contribution is 2.24. The van der Waals surface area contributed by atoms with Gasteiger partial charge in [0.1, 0.15) is 11.6 Å². The maximum Gasteiger partial charge on any atom is 0.387 e. The molecule has 0 radical (unpaired) electrons. The molecule has 2 N–H and O–H groups in total. The lowest BCUT2D eigenvalue weighted by Crippen LogP contribution is -2.37. The maximum absolute atomic E-state index is 13.9. The van der Waals surface area contributed by atoms with Crippen LogP contribution in [0.3, 0.4) is 0 Å². The normalized spacial score (nSPS) is 11.0. The fourth-order valence-corrected chi connectivity index (χ4v) is 2.08. The zero-order chi connectivity index (χ0) is 18.1. The Morgan fingerprint density at radius 2 is 2.00 bits per heavy atom. The zero-order valence-corrected chi connectivity index (χ0v) is 16.4. The van der Waals surface area contributed by atoms with Crippen molar-refractivity contribution in [2.24, 2.45) is 4.99 Å². The topological polar surface area (TPSA) is 58.5 Å². The summed E-state index contributed by atoms with van der Waals surface area (Å²) in [5.41, 5.74) is 0.776. The summed E-state index contributed by atoms with van der Waals surface area (Å²) in [6.07, 6.45) is 1.67. The standard InChI is InChI=1S/C17H19F3N4O.HI/c1-2-21-17(23-10-12-6-3-4-9-22-12)24-11-13-14(18)7-5-8-15(13)25-16(19)20;/h3-9,16H,2,10-11H2,1H3,(H2,21,23,24);1H. The third-order valence-electron chi connectivity index (χ3n) is 3.19. The molecule has 0 aliphatic carbocycles. The smallest absolute Gasteiger partial charge is 0.387 e. The molecular weight excluding hydrogens is 460 g/mol. The van der Waals surface area contributed by atoms with Crippen molar-refractivity contribution in [1.29, 1.82) is 0 Å². The van der Waals surface area contributed by atoms with E-state index in [1.54, 1.807) is 6.20 Å². The van der Waals surface area contributed by atoms with Crippen LogP contribution in [-0.4, -0.2) is 24.1 Å². The number of nitrogens with one attached hydrogen (secondary N) is 2. The number of benzene rings is 1. The highest BCUT2D eigenvalue weighted by Gasteiger charge is 2.13. The molecule has 9 heteroatoms. The van der Waals surface area contributed by atoms with Crippen LogP contribution in [0.1, 0.15) is 18.2 Å². The quantitative estimate of drug-likeness (QED) is 0.361. The van der Waals surface area contributed by atoms with Gasteiger partial charge < -0.3 is 15.4 Å². The van der Waals surface area contributed by atoms with Gasteiger partial charge in [0.15, 0.2) is 5.96 Å². The first kappa shape index (κ1) is 22.0. The molecule has 2 aromatic rings. The maximum atomic E-state index is 13.9. The summed E-state index contributed by atoms with van der Waals surface area (Å²) in [6.45, 7) is -0.283. The van der Waals surface area contributed by atoms with Gasteiger partial charge in [-0.05, 0) is 31.2 Å². The molecule has 0 bridgehead atoms. The molecule has 142 valence electrons. The fraction of sp³-hybridized carbons (Fsp3) is 0.294. The lowest BCUT2D eigenvalue weighted by Gasteiger charge is -2.13. The number of ether oxygens (including phenoxy) is 1. The monoisotopic (exact) mass is 480 g/mol. The van der Waals surface area contributed by atoms with Crippen LogP contribution >= 0.6 is 24.0 Å². The van der Waals surface area contributed by atoms with Crippen LogP contribution in [0.15, 0.2) is 47.6 Å². The predicted octanol–water partition coefficient (Wildman–Crippen LogP) is 3.70. The van der Waals surface area contributed by atoms with Gasteiger partial charge in [0.25, 0.3) is 0 Å². The summed E-state index contributed by atoms with van der Waals surface area (Å²) in [6, 6.07) is 9.30. The molecule has 0 saturated carbocycles. The number of pyridine rings is 1. The van der Waals surface area contributed by atoms with E-state index in [0.29, 0.717) is 19.0 Å². The number of hydrogen-bond acceptors (Lipinski definition) is 3. The summed E-state index contributed by atoms with van der Waals surface area (Å²) in [7, 11) is 0. The number of rotatable bonds is 7. The van der Waals surface area contributed by atoms with Gasteiger partial charge in [-0.15, -0.1) is 24.0 Å². The van der Waals surface area contributed by atoms with Crippen molar-refractivity contribution in [1.82, 2.24) is 15.6 Å². The second kappa shape index (κ2) is 11.6. The van der Waals surface area contributed by atoms with Crippen molar-refractivity contribution in [3.63, 3.8) is 0 Å². The van der Waals surface area contributed by atoms with Crippen LogP contribution in [0.25, 0.3) is 0 Å². The Morgan fingerprint density at radius 1 is 1.19 bits per heavy atom. The van der Waals surface area contributed by atoms with Crippen LogP contribution in [0.4, 0.5) is 13.2 Å². The lowest BCUT2D eigenvalue weighted by atomic mass is 10.2. The van der Waals surface area contributed by atoms with Crippen LogP contribution in [0.2, 0.25) is 0 Å². The first-order valence-corrected chi connectivity index (χ1v) is 7.74. The van der Waals surface area contributed by atoms with E-state index >= 15 is 0 Å². The molecule has 1 aromatic heterocycles. The molecule has 0 fully saturated rings. The van der Waals surface area contributed by atoms with Crippen molar-refractivity contribution < 1.29 is 17.9 Å². The first-order chi connectivity index (χ1) is 12.1. The van der Waals surface area contributed by atoms with E-state index in [0.717, 1.165) is 5.69 Å². The SMILES string of the molecule is CCNC(=NCc1c(F)cccc1OC(F)F)NCc1ccccn1.I. The summed E-state index contributed by atoms with van der Waals surface area (Å²) in [4.78, 5) is 8.41. The zero-order valence-electron chi connectivity index (χ0n) is 14.1. The number of halogens is 4. The lowest BCUT2D eigenvalue weighted by molar-refractivity contribution is -0.0506. The number of hydrogen-bond donors (Lipinski definition) is 2. The second-order valence-electron chi connectivity index (χ2n) is 4.96. The molecule has 0 spiro atoms. The molecule has 26 heavy (non-hydrogen) atoms. The van der Waals surface area contributed by atoms with Crippen molar-refractivity contribution in [3.05, 3.63) is 59.7 Å². The molecular formula is C17H20F3IN4O. The number of nitrogens with zero attached hydrogens (tertiary/aromatic N) is 2. The van der Waals surface area contributed by atoms with Gasteiger partial charge in [0.05, 0.1) is 24.3 Å². The van der Waals surface area contributed by atoms with Crippen LogP contribution in [0.5, 0.6) is 5.75 Å². The Hall–Kier alpha value is -2.04. The van der Waals surface area contributed by atoms with E-state index in [-0.39, 0.29) is 41.8 Å². The molecule has 0 saturated heterocycles. The molecule has 1 heterocycles. The van der Waals surface area contributed by atoms with Crippen molar-refractivity contribution in [2.45, 2.75) is 26.6 Å². The average Bonchev–Trinajstić information content (AvgIpc) is 2.59. The van der Waals surface area contributed by atoms with Gasteiger partial charge in [0, 0.05) is 12.7 Å². The van der Waals surface area contributed by atoms with E-state index < -0.39 is 12.4 Å². The van der Waals surface area contributed by atoms with E-state index in [1.165, 1.54) is 18.2 Å². The van der Waals surface area contributed by atoms with E-state index in [4.69, 9.17) is 0 Å². The molecule has 0 atom stereocenters. The highest BCUT2D eigenvalue weighted by atomic mass is 127. The Kier molecular flexibility index (Phi) is 9.78. The van der Waals surface area contributed by atoms with Gasteiger partial charge >= 0.3 is 6.61 Å². The van der Waals surface area contributed by atoms with Crippen LogP contribution in [-0.2, 0) is 13.1 Å².